The maximum atomic E-state index is 11.9. The number of hydrogen-bond donors (Lipinski definition) is 0. The first-order chi connectivity index (χ1) is 10.1. The second kappa shape index (κ2) is 7.41. The van der Waals surface area contributed by atoms with Gasteiger partial charge in [-0.3, -0.25) is 4.79 Å². The number of benzene rings is 1. The Morgan fingerprint density at radius 1 is 1.24 bits per heavy atom. The van der Waals surface area contributed by atoms with E-state index in [0.717, 1.165) is 5.56 Å². The molecule has 0 aliphatic rings. The van der Waals surface area contributed by atoms with Crippen molar-refractivity contribution in [3.63, 3.8) is 0 Å². The Balaban J connectivity index is 1.90. The van der Waals surface area contributed by atoms with Crippen molar-refractivity contribution >= 4 is 52.4 Å². The molecule has 0 unspecified atom stereocenters. The molecule has 0 bridgehead atoms. The van der Waals surface area contributed by atoms with Crippen molar-refractivity contribution < 1.29 is 14.3 Å². The summed E-state index contributed by atoms with van der Waals surface area (Å²) < 4.78 is 4.88. The van der Waals surface area contributed by atoms with Gasteiger partial charge in [0.15, 0.2) is 6.61 Å². The highest BCUT2D eigenvalue weighted by Gasteiger charge is 2.12. The van der Waals surface area contributed by atoms with E-state index >= 15 is 0 Å². The fourth-order valence-electron chi connectivity index (χ4n) is 1.51. The maximum Gasteiger partial charge on any atom is 0.331 e. The summed E-state index contributed by atoms with van der Waals surface area (Å²) in [6, 6.07) is 6.39. The molecule has 2 rings (SSSR count). The Kier molecular flexibility index (Phi) is 5.56. The second-order valence-corrected chi connectivity index (χ2v) is 5.67. The van der Waals surface area contributed by atoms with Crippen LogP contribution in [0, 0.1) is 0 Å². The lowest BCUT2D eigenvalue weighted by Crippen LogP contribution is -2.12. The Morgan fingerprint density at radius 2 is 2.05 bits per heavy atom. The van der Waals surface area contributed by atoms with Crippen molar-refractivity contribution in [2.24, 2.45) is 0 Å². The Bertz CT molecular complexity index is 678. The van der Waals surface area contributed by atoms with E-state index in [1.807, 2.05) is 16.8 Å². The third-order valence-electron chi connectivity index (χ3n) is 2.53. The molecule has 0 amide bonds. The summed E-state index contributed by atoms with van der Waals surface area (Å²) in [5.41, 5.74) is 1.18. The third-order valence-corrected chi connectivity index (χ3v) is 3.78. The molecule has 0 saturated heterocycles. The van der Waals surface area contributed by atoms with Crippen LogP contribution < -0.4 is 0 Å². The minimum Gasteiger partial charge on any atom is -0.454 e. The molecule has 108 valence electrons. The summed E-state index contributed by atoms with van der Waals surface area (Å²) in [5, 5.41) is 4.46. The lowest BCUT2D eigenvalue weighted by atomic mass is 10.1. The van der Waals surface area contributed by atoms with Crippen LogP contribution in [0.3, 0.4) is 0 Å². The highest BCUT2D eigenvalue weighted by atomic mass is 35.5. The van der Waals surface area contributed by atoms with E-state index < -0.39 is 5.97 Å². The normalized spacial score (nSPS) is 10.8. The molecule has 0 saturated carbocycles. The Morgan fingerprint density at radius 3 is 2.71 bits per heavy atom. The Labute approximate surface area is 135 Å². The van der Waals surface area contributed by atoms with Gasteiger partial charge in [-0.05, 0) is 46.7 Å². The van der Waals surface area contributed by atoms with E-state index in [1.54, 1.807) is 12.1 Å². The van der Waals surface area contributed by atoms with Crippen molar-refractivity contribution in [2.45, 2.75) is 0 Å². The highest BCUT2D eigenvalue weighted by molar-refractivity contribution is 7.08. The second-order valence-electron chi connectivity index (χ2n) is 4.05. The first-order valence-electron chi connectivity index (χ1n) is 5.91. The zero-order valence-electron chi connectivity index (χ0n) is 10.7. The van der Waals surface area contributed by atoms with Gasteiger partial charge in [-0.2, -0.15) is 11.3 Å². The monoisotopic (exact) mass is 340 g/mol. The standard InChI is InChI=1S/C15H10Cl2O3S/c16-11-2-3-12(13(17)7-11)14(18)8-20-15(19)4-1-10-5-6-21-9-10/h1-7,9H,8H2/b4-1+. The lowest BCUT2D eigenvalue weighted by molar-refractivity contribution is -0.136. The Hall–Kier alpha value is -1.62. The first kappa shape index (κ1) is 15.8. The summed E-state index contributed by atoms with van der Waals surface area (Å²) in [7, 11) is 0. The zero-order chi connectivity index (χ0) is 15.2. The summed E-state index contributed by atoms with van der Waals surface area (Å²) in [6.45, 7) is -0.367. The van der Waals surface area contributed by atoms with E-state index in [0.29, 0.717) is 5.02 Å². The van der Waals surface area contributed by atoms with Gasteiger partial charge in [-0.1, -0.05) is 23.2 Å². The highest BCUT2D eigenvalue weighted by Crippen LogP contribution is 2.21. The summed E-state index contributed by atoms with van der Waals surface area (Å²) in [4.78, 5) is 23.4. The van der Waals surface area contributed by atoms with Gasteiger partial charge in [0.2, 0.25) is 5.78 Å². The third kappa shape index (κ3) is 4.70. The minimum atomic E-state index is -0.584. The molecule has 0 aliphatic heterocycles. The van der Waals surface area contributed by atoms with E-state index in [-0.39, 0.29) is 23.0 Å². The van der Waals surface area contributed by atoms with Gasteiger partial charge < -0.3 is 4.74 Å². The molecule has 21 heavy (non-hydrogen) atoms. The van der Waals surface area contributed by atoms with Crippen LogP contribution in [-0.4, -0.2) is 18.4 Å². The smallest absolute Gasteiger partial charge is 0.331 e. The quantitative estimate of drug-likeness (QED) is 0.457. The van der Waals surface area contributed by atoms with Crippen LogP contribution in [0.4, 0.5) is 0 Å². The van der Waals surface area contributed by atoms with Gasteiger partial charge in [-0.15, -0.1) is 0 Å². The van der Waals surface area contributed by atoms with E-state index in [2.05, 4.69) is 0 Å². The largest absolute Gasteiger partial charge is 0.454 e. The van der Waals surface area contributed by atoms with Gasteiger partial charge in [0, 0.05) is 16.7 Å². The van der Waals surface area contributed by atoms with Crippen LogP contribution in [0.5, 0.6) is 0 Å². The average molecular weight is 341 g/mol. The number of halogens is 2. The van der Waals surface area contributed by atoms with E-state index in [9.17, 15) is 9.59 Å². The minimum absolute atomic E-state index is 0.234. The first-order valence-corrected chi connectivity index (χ1v) is 7.61. The number of esters is 1. The predicted octanol–water partition coefficient (Wildman–Crippen LogP) is 4.49. The van der Waals surface area contributed by atoms with Crippen molar-refractivity contribution in [1.29, 1.82) is 0 Å². The van der Waals surface area contributed by atoms with Crippen LogP contribution in [0.1, 0.15) is 15.9 Å². The predicted molar refractivity (Wildman–Crippen MR) is 85.1 cm³/mol. The molecule has 1 heterocycles. The van der Waals surface area contributed by atoms with Gasteiger partial charge in [0.05, 0.1) is 5.02 Å². The fourth-order valence-corrected chi connectivity index (χ4v) is 2.65. The van der Waals surface area contributed by atoms with E-state index in [1.165, 1.54) is 29.5 Å². The maximum absolute atomic E-state index is 11.9. The number of Topliss-reactive ketones (excluding diaryl/α,β-unsaturated/α-hetero) is 1. The summed E-state index contributed by atoms with van der Waals surface area (Å²) in [5.74, 6) is -0.964. The molecule has 0 N–H and O–H groups in total. The molecular formula is C15H10Cl2O3S. The molecule has 0 spiro atoms. The van der Waals surface area contributed by atoms with Gasteiger partial charge >= 0.3 is 5.97 Å². The van der Waals surface area contributed by atoms with Crippen LogP contribution in [-0.2, 0) is 9.53 Å². The van der Waals surface area contributed by atoms with Crippen molar-refractivity contribution in [1.82, 2.24) is 0 Å². The number of hydrogen-bond acceptors (Lipinski definition) is 4. The average Bonchev–Trinajstić information content (AvgIpc) is 2.95. The molecule has 1 aromatic carbocycles. The molecular weight excluding hydrogens is 331 g/mol. The SMILES string of the molecule is O=C(/C=C/c1ccsc1)OCC(=O)c1ccc(Cl)cc1Cl. The van der Waals surface area contributed by atoms with Crippen LogP contribution in [0.25, 0.3) is 6.08 Å². The number of carbonyl (C=O) groups is 2. The van der Waals surface area contributed by atoms with Crippen LogP contribution in [0.2, 0.25) is 10.0 Å². The molecule has 0 fully saturated rings. The topological polar surface area (TPSA) is 43.4 Å². The molecule has 0 aliphatic carbocycles. The molecule has 0 atom stereocenters. The molecule has 6 heteroatoms. The number of ketones is 1. The zero-order valence-corrected chi connectivity index (χ0v) is 13.0. The number of carbonyl (C=O) groups excluding carboxylic acids is 2. The summed E-state index contributed by atoms with van der Waals surface area (Å²) >= 11 is 13.2. The molecule has 1 aromatic heterocycles. The molecule has 3 nitrogen and oxygen atoms in total. The molecule has 2 aromatic rings. The number of rotatable bonds is 5. The van der Waals surface area contributed by atoms with Gasteiger partial charge in [-0.25, -0.2) is 4.79 Å². The van der Waals surface area contributed by atoms with Crippen molar-refractivity contribution in [3.8, 4) is 0 Å². The van der Waals surface area contributed by atoms with Gasteiger partial charge in [0.25, 0.3) is 0 Å². The van der Waals surface area contributed by atoms with Gasteiger partial charge in [0.1, 0.15) is 0 Å². The van der Waals surface area contributed by atoms with Crippen molar-refractivity contribution in [2.75, 3.05) is 6.61 Å². The van der Waals surface area contributed by atoms with Crippen molar-refractivity contribution in [3.05, 3.63) is 62.3 Å². The molecule has 0 radical (unpaired) electrons. The number of thiophene rings is 1. The van der Waals surface area contributed by atoms with Crippen LogP contribution in [0.15, 0.2) is 41.1 Å². The van der Waals surface area contributed by atoms with Crippen LogP contribution >= 0.6 is 34.5 Å². The van der Waals surface area contributed by atoms with E-state index in [4.69, 9.17) is 27.9 Å². The summed E-state index contributed by atoms with van der Waals surface area (Å²) in [6.07, 6.45) is 2.90. The fraction of sp³-hybridized carbons (Fsp3) is 0.0667. The lowest BCUT2D eigenvalue weighted by Gasteiger charge is -2.04. The number of ether oxygens (including phenoxy) is 1.